The van der Waals surface area contributed by atoms with Gasteiger partial charge < -0.3 is 20.7 Å². The molecule has 1 atom stereocenters. The quantitative estimate of drug-likeness (QED) is 0.561. The molecule has 0 saturated heterocycles. The van der Waals surface area contributed by atoms with Crippen molar-refractivity contribution in [1.29, 1.82) is 0 Å². The average molecular weight is 411 g/mol. The molecule has 0 spiro atoms. The molecule has 0 amide bonds. The molecule has 2 aliphatic rings. The number of nitrogens with zero attached hydrogens (tertiary/aromatic N) is 5. The third kappa shape index (κ3) is 4.79. The van der Waals surface area contributed by atoms with E-state index in [1.807, 2.05) is 18.5 Å². The Morgan fingerprint density at radius 3 is 3.00 bits per heavy atom. The molecule has 3 heterocycles. The SMILES string of the molecule is COc1ncc(CN(C)C2CCCc3cccnc32)c(NCCNC2=NCCN2)n1. The minimum Gasteiger partial charge on any atom is -0.467 e. The van der Waals surface area contributed by atoms with Gasteiger partial charge in [-0.2, -0.15) is 4.98 Å². The molecule has 2 aromatic rings. The second-order valence-corrected chi connectivity index (χ2v) is 7.61. The Morgan fingerprint density at radius 1 is 1.27 bits per heavy atom. The van der Waals surface area contributed by atoms with Gasteiger partial charge in [-0.3, -0.25) is 14.9 Å². The predicted molar refractivity (Wildman–Crippen MR) is 117 cm³/mol. The van der Waals surface area contributed by atoms with Crippen LogP contribution in [-0.4, -0.2) is 66.1 Å². The van der Waals surface area contributed by atoms with E-state index in [9.17, 15) is 0 Å². The molecular formula is C21H30N8O. The van der Waals surface area contributed by atoms with Gasteiger partial charge in [0.15, 0.2) is 5.96 Å². The molecule has 9 heteroatoms. The monoisotopic (exact) mass is 410 g/mol. The summed E-state index contributed by atoms with van der Waals surface area (Å²) >= 11 is 0. The fourth-order valence-corrected chi connectivity index (χ4v) is 4.03. The second kappa shape index (κ2) is 9.71. The highest BCUT2D eigenvalue weighted by atomic mass is 16.5. The van der Waals surface area contributed by atoms with Crippen LogP contribution in [-0.2, 0) is 13.0 Å². The summed E-state index contributed by atoms with van der Waals surface area (Å²) in [7, 11) is 3.73. The van der Waals surface area contributed by atoms with E-state index in [-0.39, 0.29) is 0 Å². The Balaban J connectivity index is 1.42. The minimum absolute atomic E-state index is 0.304. The zero-order valence-electron chi connectivity index (χ0n) is 17.7. The summed E-state index contributed by atoms with van der Waals surface area (Å²) in [4.78, 5) is 20.2. The van der Waals surface area contributed by atoms with Crippen LogP contribution in [0.3, 0.4) is 0 Å². The summed E-state index contributed by atoms with van der Waals surface area (Å²) in [6, 6.07) is 4.89. The van der Waals surface area contributed by atoms with Crippen molar-refractivity contribution in [2.75, 3.05) is 45.7 Å². The molecular weight excluding hydrogens is 380 g/mol. The Morgan fingerprint density at radius 2 is 2.17 bits per heavy atom. The number of ether oxygens (including phenoxy) is 1. The van der Waals surface area contributed by atoms with Crippen molar-refractivity contribution in [3.8, 4) is 6.01 Å². The summed E-state index contributed by atoms with van der Waals surface area (Å²) < 4.78 is 5.23. The average Bonchev–Trinajstić information content (AvgIpc) is 3.30. The number of hydrogen-bond donors (Lipinski definition) is 3. The van der Waals surface area contributed by atoms with Crippen LogP contribution < -0.4 is 20.7 Å². The number of fused-ring (bicyclic) bond motifs is 1. The van der Waals surface area contributed by atoms with Gasteiger partial charge in [0.1, 0.15) is 5.82 Å². The van der Waals surface area contributed by atoms with Gasteiger partial charge >= 0.3 is 6.01 Å². The first-order chi connectivity index (χ1) is 14.7. The number of anilines is 1. The summed E-state index contributed by atoms with van der Waals surface area (Å²) in [6.45, 7) is 3.91. The van der Waals surface area contributed by atoms with E-state index in [4.69, 9.17) is 4.74 Å². The molecule has 4 rings (SSSR count). The molecule has 9 nitrogen and oxygen atoms in total. The van der Waals surface area contributed by atoms with Crippen molar-refractivity contribution in [3.63, 3.8) is 0 Å². The number of hydrogen-bond acceptors (Lipinski definition) is 9. The molecule has 1 aliphatic carbocycles. The zero-order chi connectivity index (χ0) is 20.8. The van der Waals surface area contributed by atoms with Crippen molar-refractivity contribution >= 4 is 11.8 Å². The van der Waals surface area contributed by atoms with Crippen molar-refractivity contribution in [3.05, 3.63) is 41.3 Å². The first-order valence-corrected chi connectivity index (χ1v) is 10.5. The third-order valence-electron chi connectivity index (χ3n) is 5.53. The van der Waals surface area contributed by atoms with Crippen molar-refractivity contribution in [2.45, 2.75) is 31.8 Å². The van der Waals surface area contributed by atoms with Crippen LogP contribution in [0, 0.1) is 0 Å². The molecule has 0 bridgehead atoms. The fraction of sp³-hybridized carbons (Fsp3) is 0.524. The van der Waals surface area contributed by atoms with Gasteiger partial charge in [0, 0.05) is 44.1 Å². The molecule has 0 saturated carbocycles. The number of aryl methyl sites for hydroxylation is 1. The van der Waals surface area contributed by atoms with Gasteiger partial charge in [-0.05, 0) is 37.9 Å². The normalized spacial score (nSPS) is 17.8. The summed E-state index contributed by atoms with van der Waals surface area (Å²) in [6.07, 6.45) is 7.15. The summed E-state index contributed by atoms with van der Waals surface area (Å²) in [5.41, 5.74) is 3.60. The van der Waals surface area contributed by atoms with Crippen LogP contribution in [0.25, 0.3) is 0 Å². The number of aromatic nitrogens is 3. The number of aliphatic imine (C=N–C) groups is 1. The molecule has 30 heavy (non-hydrogen) atoms. The van der Waals surface area contributed by atoms with Crippen LogP contribution in [0.4, 0.5) is 5.82 Å². The lowest BCUT2D eigenvalue weighted by Crippen LogP contribution is -2.36. The van der Waals surface area contributed by atoms with Crippen molar-refractivity contribution < 1.29 is 4.74 Å². The zero-order valence-corrected chi connectivity index (χ0v) is 17.7. The minimum atomic E-state index is 0.304. The highest BCUT2D eigenvalue weighted by Crippen LogP contribution is 2.33. The van der Waals surface area contributed by atoms with E-state index in [0.717, 1.165) is 56.4 Å². The van der Waals surface area contributed by atoms with E-state index < -0.39 is 0 Å². The lowest BCUT2D eigenvalue weighted by molar-refractivity contribution is 0.208. The van der Waals surface area contributed by atoms with Crippen LogP contribution >= 0.6 is 0 Å². The number of guanidine groups is 1. The third-order valence-corrected chi connectivity index (χ3v) is 5.53. The molecule has 0 fully saturated rings. The highest BCUT2D eigenvalue weighted by molar-refractivity contribution is 5.81. The van der Waals surface area contributed by atoms with Gasteiger partial charge in [-0.1, -0.05) is 6.07 Å². The Labute approximate surface area is 177 Å². The molecule has 1 unspecified atom stereocenters. The maximum atomic E-state index is 5.23. The van der Waals surface area contributed by atoms with Gasteiger partial charge in [-0.15, -0.1) is 0 Å². The predicted octanol–water partition coefficient (Wildman–Crippen LogP) is 1.35. The molecule has 160 valence electrons. The standard InChI is InChI=1S/C21H30N8O/c1-29(17-7-3-5-15-6-4-8-22-18(15)17)14-16-13-27-21(30-2)28-19(16)23-9-10-24-20-25-11-12-26-20/h4,6,8,13,17H,3,5,7,9-12,14H2,1-2H3,(H,23,27,28)(H2,24,25,26). The topological polar surface area (TPSA) is 99.6 Å². The fourth-order valence-electron chi connectivity index (χ4n) is 4.03. The van der Waals surface area contributed by atoms with Gasteiger partial charge in [-0.25, -0.2) is 4.98 Å². The number of methoxy groups -OCH3 is 1. The van der Waals surface area contributed by atoms with Crippen LogP contribution in [0.2, 0.25) is 0 Å². The van der Waals surface area contributed by atoms with Crippen LogP contribution in [0.5, 0.6) is 6.01 Å². The lowest BCUT2D eigenvalue weighted by atomic mass is 9.91. The van der Waals surface area contributed by atoms with E-state index in [1.54, 1.807) is 7.11 Å². The molecule has 3 N–H and O–H groups in total. The van der Waals surface area contributed by atoms with E-state index >= 15 is 0 Å². The van der Waals surface area contributed by atoms with Crippen molar-refractivity contribution in [1.82, 2.24) is 30.5 Å². The first-order valence-electron chi connectivity index (χ1n) is 10.5. The maximum Gasteiger partial charge on any atom is 0.318 e. The Bertz CT molecular complexity index is 887. The summed E-state index contributed by atoms with van der Waals surface area (Å²) in [5.74, 6) is 1.66. The number of nitrogens with one attached hydrogen (secondary N) is 3. The lowest BCUT2D eigenvalue weighted by Gasteiger charge is -2.32. The molecule has 1 aliphatic heterocycles. The van der Waals surface area contributed by atoms with Gasteiger partial charge in [0.2, 0.25) is 0 Å². The maximum absolute atomic E-state index is 5.23. The Kier molecular flexibility index (Phi) is 6.58. The van der Waals surface area contributed by atoms with Crippen LogP contribution in [0.1, 0.15) is 35.7 Å². The van der Waals surface area contributed by atoms with Crippen molar-refractivity contribution in [2.24, 2.45) is 4.99 Å². The Hall–Kier alpha value is -2.94. The number of pyridine rings is 1. The number of rotatable bonds is 8. The molecule has 0 aromatic carbocycles. The van der Waals surface area contributed by atoms with E-state index in [0.29, 0.717) is 18.6 Å². The van der Waals surface area contributed by atoms with Gasteiger partial charge in [0.25, 0.3) is 0 Å². The largest absolute Gasteiger partial charge is 0.467 e. The van der Waals surface area contributed by atoms with Gasteiger partial charge in [0.05, 0.1) is 25.4 Å². The first kappa shape index (κ1) is 20.3. The van der Waals surface area contributed by atoms with E-state index in [1.165, 1.54) is 17.7 Å². The smallest absolute Gasteiger partial charge is 0.318 e. The molecule has 0 radical (unpaired) electrons. The highest BCUT2D eigenvalue weighted by Gasteiger charge is 2.25. The second-order valence-electron chi connectivity index (χ2n) is 7.61. The van der Waals surface area contributed by atoms with Crippen LogP contribution in [0.15, 0.2) is 29.5 Å². The van der Waals surface area contributed by atoms with E-state index in [2.05, 4.69) is 53.9 Å². The summed E-state index contributed by atoms with van der Waals surface area (Å²) in [5, 5.41) is 9.92. The molecule has 2 aromatic heterocycles.